The molecule has 0 radical (unpaired) electrons. The molecule has 2 aliphatic heterocycles. The van der Waals surface area contributed by atoms with E-state index in [-0.39, 0.29) is 23.3 Å². The van der Waals surface area contributed by atoms with Gasteiger partial charge in [-0.2, -0.15) is 4.31 Å². The lowest BCUT2D eigenvalue weighted by Crippen LogP contribution is -2.43. The van der Waals surface area contributed by atoms with Crippen LogP contribution in [0.5, 0.6) is 11.5 Å². The SMILES string of the molecule is COc1cc(NC(=O)[C@H]2CCCN(S(=O)(=O)c3ccc4c(c3)CCCC(=O)N4)C2)cc(OC)c1. The quantitative estimate of drug-likeness (QED) is 0.648. The van der Waals surface area contributed by atoms with E-state index in [9.17, 15) is 18.0 Å². The van der Waals surface area contributed by atoms with E-state index in [1.165, 1.54) is 24.6 Å². The maximum absolute atomic E-state index is 13.4. The Hall–Kier alpha value is -3.11. The van der Waals surface area contributed by atoms with Crippen molar-refractivity contribution in [3.8, 4) is 11.5 Å². The van der Waals surface area contributed by atoms with Crippen molar-refractivity contribution >= 4 is 33.2 Å². The highest BCUT2D eigenvalue weighted by molar-refractivity contribution is 7.89. The average Bonchev–Trinajstić information content (AvgIpc) is 3.03. The molecule has 2 heterocycles. The van der Waals surface area contributed by atoms with E-state index in [1.54, 1.807) is 30.3 Å². The molecule has 182 valence electrons. The number of piperidine rings is 1. The third-order valence-electron chi connectivity index (χ3n) is 6.21. The molecular weight excluding hydrogens is 458 g/mol. The van der Waals surface area contributed by atoms with Crippen molar-refractivity contribution < 1.29 is 27.5 Å². The second-order valence-electron chi connectivity index (χ2n) is 8.51. The van der Waals surface area contributed by atoms with Crippen LogP contribution in [-0.4, -0.2) is 51.8 Å². The summed E-state index contributed by atoms with van der Waals surface area (Å²) in [6.45, 7) is 0.454. The van der Waals surface area contributed by atoms with Crippen molar-refractivity contribution in [2.45, 2.75) is 37.0 Å². The van der Waals surface area contributed by atoms with Crippen molar-refractivity contribution in [2.75, 3.05) is 37.9 Å². The molecule has 0 saturated carbocycles. The molecule has 0 spiro atoms. The van der Waals surface area contributed by atoms with Crippen LogP contribution in [0.4, 0.5) is 11.4 Å². The van der Waals surface area contributed by atoms with Crippen LogP contribution in [0.1, 0.15) is 31.2 Å². The molecule has 1 atom stereocenters. The van der Waals surface area contributed by atoms with Crippen LogP contribution in [0.15, 0.2) is 41.3 Å². The number of ether oxygens (including phenoxy) is 2. The fourth-order valence-electron chi connectivity index (χ4n) is 4.36. The molecule has 2 aromatic rings. The number of fused-ring (bicyclic) bond motifs is 1. The Bertz CT molecular complexity index is 1170. The van der Waals surface area contributed by atoms with Gasteiger partial charge in [0.2, 0.25) is 21.8 Å². The normalized spacial score (nSPS) is 18.9. The molecular formula is C24H29N3O6S. The summed E-state index contributed by atoms with van der Waals surface area (Å²) in [5.74, 6) is 0.289. The Morgan fingerprint density at radius 1 is 1.06 bits per heavy atom. The van der Waals surface area contributed by atoms with E-state index in [4.69, 9.17) is 9.47 Å². The minimum atomic E-state index is -3.78. The van der Waals surface area contributed by atoms with Crippen LogP contribution in [0.2, 0.25) is 0 Å². The van der Waals surface area contributed by atoms with Crippen LogP contribution in [-0.2, 0) is 26.0 Å². The maximum atomic E-state index is 13.4. The predicted octanol–water partition coefficient (Wildman–Crippen LogP) is 3.02. The van der Waals surface area contributed by atoms with E-state index < -0.39 is 15.9 Å². The van der Waals surface area contributed by atoms with Gasteiger partial charge in [-0.15, -0.1) is 0 Å². The van der Waals surface area contributed by atoms with Crippen LogP contribution >= 0.6 is 0 Å². The Balaban J connectivity index is 1.49. The number of benzene rings is 2. The third kappa shape index (κ3) is 5.18. The number of carbonyl (C=O) groups is 2. The zero-order chi connectivity index (χ0) is 24.3. The van der Waals surface area contributed by atoms with Crippen LogP contribution in [0.25, 0.3) is 0 Å². The van der Waals surface area contributed by atoms with Crippen molar-refractivity contribution in [1.29, 1.82) is 0 Å². The van der Waals surface area contributed by atoms with Gasteiger partial charge < -0.3 is 20.1 Å². The molecule has 9 nitrogen and oxygen atoms in total. The first-order valence-corrected chi connectivity index (χ1v) is 12.7. The molecule has 1 saturated heterocycles. The Labute approximate surface area is 199 Å². The fourth-order valence-corrected chi connectivity index (χ4v) is 5.93. The number of rotatable bonds is 6. The summed E-state index contributed by atoms with van der Waals surface area (Å²) < 4.78 is 38.7. The second kappa shape index (κ2) is 10.0. The van der Waals surface area contributed by atoms with Crippen LogP contribution in [0, 0.1) is 5.92 Å². The maximum Gasteiger partial charge on any atom is 0.243 e. The molecule has 2 amide bonds. The van der Waals surface area contributed by atoms with Crippen LogP contribution in [0.3, 0.4) is 0 Å². The number of nitrogens with zero attached hydrogens (tertiary/aromatic N) is 1. The Morgan fingerprint density at radius 3 is 2.50 bits per heavy atom. The van der Waals surface area contributed by atoms with E-state index in [1.807, 2.05) is 0 Å². The number of nitrogens with one attached hydrogen (secondary N) is 2. The van der Waals surface area contributed by atoms with E-state index in [0.29, 0.717) is 61.5 Å². The number of hydrogen-bond acceptors (Lipinski definition) is 6. The molecule has 34 heavy (non-hydrogen) atoms. The van der Waals surface area contributed by atoms with Crippen molar-refractivity contribution in [2.24, 2.45) is 5.92 Å². The zero-order valence-corrected chi connectivity index (χ0v) is 20.1. The number of anilines is 2. The first kappa shape index (κ1) is 24.0. The second-order valence-corrected chi connectivity index (χ2v) is 10.5. The lowest BCUT2D eigenvalue weighted by Gasteiger charge is -2.31. The van der Waals surface area contributed by atoms with E-state index in [2.05, 4.69) is 10.6 Å². The van der Waals surface area contributed by atoms with E-state index >= 15 is 0 Å². The molecule has 0 bridgehead atoms. The lowest BCUT2D eigenvalue weighted by molar-refractivity contribution is -0.121. The molecule has 0 aliphatic carbocycles. The summed E-state index contributed by atoms with van der Waals surface area (Å²) in [4.78, 5) is 25.0. The van der Waals surface area contributed by atoms with Gasteiger partial charge in [-0.3, -0.25) is 9.59 Å². The van der Waals surface area contributed by atoms with Gasteiger partial charge in [-0.05, 0) is 49.4 Å². The molecule has 2 N–H and O–H groups in total. The number of aryl methyl sites for hydroxylation is 1. The van der Waals surface area contributed by atoms with Gasteiger partial charge in [0.25, 0.3) is 0 Å². The van der Waals surface area contributed by atoms with Gasteiger partial charge in [0.1, 0.15) is 11.5 Å². The molecule has 2 aliphatic rings. The number of carbonyl (C=O) groups excluding carboxylic acids is 2. The van der Waals surface area contributed by atoms with E-state index in [0.717, 1.165) is 5.56 Å². The van der Waals surface area contributed by atoms with Crippen molar-refractivity contribution in [3.63, 3.8) is 0 Å². The van der Waals surface area contributed by atoms with Gasteiger partial charge in [0.15, 0.2) is 0 Å². The highest BCUT2D eigenvalue weighted by Crippen LogP contribution is 2.30. The minimum Gasteiger partial charge on any atom is -0.497 e. The summed E-state index contributed by atoms with van der Waals surface area (Å²) in [6, 6.07) is 9.89. The smallest absolute Gasteiger partial charge is 0.243 e. The molecule has 0 aromatic heterocycles. The fraction of sp³-hybridized carbons (Fsp3) is 0.417. The van der Waals surface area contributed by atoms with Gasteiger partial charge in [-0.25, -0.2) is 8.42 Å². The van der Waals surface area contributed by atoms with Crippen molar-refractivity contribution in [3.05, 3.63) is 42.0 Å². The molecule has 0 unspecified atom stereocenters. The number of sulfonamides is 1. The molecule has 2 aromatic carbocycles. The summed E-state index contributed by atoms with van der Waals surface area (Å²) in [5.41, 5.74) is 1.99. The monoisotopic (exact) mass is 487 g/mol. The predicted molar refractivity (Wildman–Crippen MR) is 128 cm³/mol. The summed E-state index contributed by atoms with van der Waals surface area (Å²) in [6.07, 6.45) is 2.89. The average molecular weight is 488 g/mol. The summed E-state index contributed by atoms with van der Waals surface area (Å²) >= 11 is 0. The molecule has 1 fully saturated rings. The third-order valence-corrected chi connectivity index (χ3v) is 8.07. The largest absolute Gasteiger partial charge is 0.497 e. The number of hydrogen-bond donors (Lipinski definition) is 2. The van der Waals surface area contributed by atoms with Gasteiger partial charge >= 0.3 is 0 Å². The zero-order valence-electron chi connectivity index (χ0n) is 19.3. The number of amides is 2. The van der Waals surface area contributed by atoms with Crippen LogP contribution < -0.4 is 20.1 Å². The van der Waals surface area contributed by atoms with Gasteiger partial charge in [0, 0.05) is 49.1 Å². The summed E-state index contributed by atoms with van der Waals surface area (Å²) in [5, 5.41) is 5.69. The Morgan fingerprint density at radius 2 is 1.79 bits per heavy atom. The highest BCUT2D eigenvalue weighted by Gasteiger charge is 2.34. The molecule has 10 heteroatoms. The Kier molecular flexibility index (Phi) is 7.08. The minimum absolute atomic E-state index is 0.0621. The first-order valence-electron chi connectivity index (χ1n) is 11.3. The van der Waals surface area contributed by atoms with Gasteiger partial charge in [-0.1, -0.05) is 0 Å². The number of methoxy groups -OCH3 is 2. The first-order chi connectivity index (χ1) is 16.3. The standard InChI is InChI=1S/C24H29N3O6S/c1-32-19-12-18(13-20(14-19)33-2)25-24(29)17-6-4-10-27(15-17)34(30,31)21-8-9-22-16(11-21)5-3-7-23(28)26-22/h8-9,11-14,17H,3-7,10,15H2,1-2H3,(H,25,29)(H,26,28)/t17-/m0/s1. The summed E-state index contributed by atoms with van der Waals surface area (Å²) in [7, 11) is -0.724. The highest BCUT2D eigenvalue weighted by atomic mass is 32.2. The molecule has 4 rings (SSSR count). The lowest BCUT2D eigenvalue weighted by atomic mass is 9.98. The topological polar surface area (TPSA) is 114 Å². The van der Waals surface area contributed by atoms with Crippen molar-refractivity contribution in [1.82, 2.24) is 4.31 Å². The van der Waals surface area contributed by atoms with Gasteiger partial charge in [0.05, 0.1) is 25.0 Å².